The van der Waals surface area contributed by atoms with E-state index in [-0.39, 0.29) is 33.3 Å². The number of imidazole rings is 1. The topological polar surface area (TPSA) is 39.8 Å². The van der Waals surface area contributed by atoms with E-state index in [9.17, 15) is 18.0 Å². The van der Waals surface area contributed by atoms with Gasteiger partial charge in [-0.15, -0.1) is 0 Å². The van der Waals surface area contributed by atoms with Crippen molar-refractivity contribution in [2.45, 2.75) is 13.5 Å². The first-order valence-corrected chi connectivity index (χ1v) is 8.36. The summed E-state index contributed by atoms with van der Waals surface area (Å²) in [5.74, 6) is -3.46. The zero-order valence-corrected chi connectivity index (χ0v) is 15.3. The summed E-state index contributed by atoms with van der Waals surface area (Å²) in [6.45, 7) is 1.63. The minimum Gasteiger partial charge on any atom is -0.305 e. The molecule has 0 radical (unpaired) electrons. The number of hydrogen-bond acceptors (Lipinski definition) is 2. The Labute approximate surface area is 160 Å². The maximum absolute atomic E-state index is 14.4. The van der Waals surface area contributed by atoms with Gasteiger partial charge in [-0.05, 0) is 13.0 Å². The molecule has 0 saturated heterocycles. The van der Waals surface area contributed by atoms with E-state index in [4.69, 9.17) is 34.8 Å². The fraction of sp³-hybridized carbons (Fsp3) is 0.125. The number of rotatable bonds is 3. The summed E-state index contributed by atoms with van der Waals surface area (Å²) in [7, 11) is 0. The van der Waals surface area contributed by atoms with E-state index < -0.39 is 28.6 Å². The first-order chi connectivity index (χ1) is 12.3. The fourth-order valence-electron chi connectivity index (χ4n) is 2.62. The number of aromatic nitrogens is 3. The van der Waals surface area contributed by atoms with Gasteiger partial charge in [-0.3, -0.25) is 9.36 Å². The van der Waals surface area contributed by atoms with Crippen molar-refractivity contribution >= 4 is 34.8 Å². The van der Waals surface area contributed by atoms with Crippen LogP contribution < -0.4 is 5.56 Å². The SMILES string of the molecule is CCn1c(-c2c(F)cc(F)cc2F)c(-n2cnc(Cl)c2Cl)cc(Cl)c1=O. The van der Waals surface area contributed by atoms with Crippen LogP contribution in [0.2, 0.25) is 15.3 Å². The van der Waals surface area contributed by atoms with Crippen LogP contribution in [-0.2, 0) is 6.54 Å². The molecule has 0 spiro atoms. The van der Waals surface area contributed by atoms with E-state index in [1.165, 1.54) is 17.0 Å². The molecule has 2 heterocycles. The lowest BCUT2D eigenvalue weighted by molar-refractivity contribution is 0.545. The molecule has 10 heteroatoms. The number of benzene rings is 1. The highest BCUT2D eigenvalue weighted by atomic mass is 35.5. The molecule has 136 valence electrons. The van der Waals surface area contributed by atoms with Gasteiger partial charge in [0.05, 0.1) is 16.9 Å². The summed E-state index contributed by atoms with van der Waals surface area (Å²) in [5.41, 5.74) is -1.38. The van der Waals surface area contributed by atoms with Crippen molar-refractivity contribution in [2.24, 2.45) is 0 Å². The highest BCUT2D eigenvalue weighted by Crippen LogP contribution is 2.35. The number of hydrogen-bond donors (Lipinski definition) is 0. The minimum atomic E-state index is -1.19. The zero-order valence-electron chi connectivity index (χ0n) is 13.0. The summed E-state index contributed by atoms with van der Waals surface area (Å²) in [6, 6.07) is 2.23. The molecule has 0 amide bonds. The molecule has 26 heavy (non-hydrogen) atoms. The highest BCUT2D eigenvalue weighted by molar-refractivity contribution is 6.40. The summed E-state index contributed by atoms with van der Waals surface area (Å²) in [5, 5.41) is -0.300. The molecule has 0 saturated carbocycles. The zero-order chi connectivity index (χ0) is 19.2. The van der Waals surface area contributed by atoms with E-state index >= 15 is 0 Å². The van der Waals surface area contributed by atoms with Gasteiger partial charge in [0.15, 0.2) is 10.3 Å². The van der Waals surface area contributed by atoms with Crippen molar-refractivity contribution in [3.8, 4) is 16.9 Å². The monoisotopic (exact) mass is 421 g/mol. The Balaban J connectivity index is 2.50. The van der Waals surface area contributed by atoms with Crippen LogP contribution in [0.1, 0.15) is 6.92 Å². The minimum absolute atomic E-state index is 0.0397. The lowest BCUT2D eigenvalue weighted by Gasteiger charge is -2.19. The first-order valence-electron chi connectivity index (χ1n) is 7.23. The Morgan fingerprint density at radius 1 is 1.08 bits per heavy atom. The van der Waals surface area contributed by atoms with E-state index in [1.54, 1.807) is 6.92 Å². The molecule has 0 fully saturated rings. The number of pyridine rings is 1. The second-order valence-corrected chi connectivity index (χ2v) is 6.34. The van der Waals surface area contributed by atoms with Gasteiger partial charge in [-0.1, -0.05) is 34.8 Å². The van der Waals surface area contributed by atoms with Crippen LogP contribution in [0.3, 0.4) is 0 Å². The van der Waals surface area contributed by atoms with Gasteiger partial charge in [0.1, 0.15) is 28.8 Å². The van der Waals surface area contributed by atoms with Gasteiger partial charge in [0.2, 0.25) is 0 Å². The van der Waals surface area contributed by atoms with E-state index in [1.807, 2.05) is 0 Å². The number of nitrogens with zero attached hydrogens (tertiary/aromatic N) is 3. The van der Waals surface area contributed by atoms with Crippen molar-refractivity contribution in [1.29, 1.82) is 0 Å². The van der Waals surface area contributed by atoms with Crippen LogP contribution >= 0.6 is 34.8 Å². The molecular formula is C16H9Cl3F3N3O. The van der Waals surface area contributed by atoms with Gasteiger partial charge < -0.3 is 4.57 Å². The molecule has 0 aliphatic rings. The molecule has 2 aromatic heterocycles. The van der Waals surface area contributed by atoms with Gasteiger partial charge in [0.25, 0.3) is 5.56 Å². The molecule has 0 unspecified atom stereocenters. The molecule has 0 aliphatic heterocycles. The molecular weight excluding hydrogens is 414 g/mol. The van der Waals surface area contributed by atoms with Gasteiger partial charge in [-0.25, -0.2) is 18.2 Å². The van der Waals surface area contributed by atoms with Crippen molar-refractivity contribution in [1.82, 2.24) is 14.1 Å². The van der Waals surface area contributed by atoms with Crippen LogP contribution in [0.15, 0.2) is 29.3 Å². The fourth-order valence-corrected chi connectivity index (χ4v) is 3.14. The first kappa shape index (κ1) is 18.8. The quantitative estimate of drug-likeness (QED) is 0.589. The average molecular weight is 423 g/mol. The third-order valence-corrected chi connectivity index (χ3v) is 4.72. The number of halogens is 6. The Hall–Kier alpha value is -1.96. The van der Waals surface area contributed by atoms with Gasteiger partial charge in [-0.2, -0.15) is 0 Å². The van der Waals surface area contributed by atoms with E-state index in [0.29, 0.717) is 12.1 Å². The van der Waals surface area contributed by atoms with Crippen molar-refractivity contribution in [3.05, 3.63) is 67.7 Å². The molecule has 0 bridgehead atoms. The van der Waals surface area contributed by atoms with Gasteiger partial charge in [0, 0.05) is 18.7 Å². The van der Waals surface area contributed by atoms with Crippen molar-refractivity contribution in [3.63, 3.8) is 0 Å². The lowest BCUT2D eigenvalue weighted by atomic mass is 10.1. The maximum Gasteiger partial charge on any atom is 0.269 e. The van der Waals surface area contributed by atoms with Crippen LogP contribution in [-0.4, -0.2) is 14.1 Å². The highest BCUT2D eigenvalue weighted by Gasteiger charge is 2.24. The Morgan fingerprint density at radius 2 is 1.69 bits per heavy atom. The van der Waals surface area contributed by atoms with Crippen LogP contribution in [0.5, 0.6) is 0 Å². The summed E-state index contributed by atoms with van der Waals surface area (Å²) < 4.78 is 44.5. The molecule has 4 nitrogen and oxygen atoms in total. The van der Waals surface area contributed by atoms with Crippen LogP contribution in [0.4, 0.5) is 13.2 Å². The molecule has 3 rings (SSSR count). The predicted molar refractivity (Wildman–Crippen MR) is 93.8 cm³/mol. The molecule has 0 atom stereocenters. The maximum atomic E-state index is 14.4. The normalized spacial score (nSPS) is 11.2. The third kappa shape index (κ3) is 3.00. The summed E-state index contributed by atoms with van der Waals surface area (Å²) in [6.07, 6.45) is 1.21. The Kier molecular flexibility index (Phi) is 5.05. The van der Waals surface area contributed by atoms with Gasteiger partial charge >= 0.3 is 0 Å². The van der Waals surface area contributed by atoms with Crippen molar-refractivity contribution in [2.75, 3.05) is 0 Å². The standard InChI is InChI=1S/C16H9Cl3F3N3O/c1-2-24-13(12-9(21)3-7(20)4-10(12)22)11(5-8(17)16(24)26)25-6-23-14(18)15(25)19/h3-6H,2H2,1H3. The van der Waals surface area contributed by atoms with Crippen LogP contribution in [0.25, 0.3) is 16.9 Å². The summed E-state index contributed by atoms with van der Waals surface area (Å²) in [4.78, 5) is 16.2. The predicted octanol–water partition coefficient (Wildman–Crippen LogP) is 5.10. The largest absolute Gasteiger partial charge is 0.305 e. The molecule has 3 aromatic rings. The molecule has 1 aromatic carbocycles. The Morgan fingerprint density at radius 3 is 2.19 bits per heavy atom. The smallest absolute Gasteiger partial charge is 0.269 e. The average Bonchev–Trinajstić information content (AvgIpc) is 2.89. The van der Waals surface area contributed by atoms with E-state index in [2.05, 4.69) is 4.98 Å². The third-order valence-electron chi connectivity index (χ3n) is 3.71. The van der Waals surface area contributed by atoms with Crippen LogP contribution in [0, 0.1) is 17.5 Å². The second kappa shape index (κ2) is 6.98. The van der Waals surface area contributed by atoms with E-state index in [0.717, 1.165) is 4.57 Å². The second-order valence-electron chi connectivity index (χ2n) is 5.22. The Bertz CT molecular complexity index is 1060. The molecule has 0 aliphatic carbocycles. The molecule has 0 N–H and O–H groups in total. The van der Waals surface area contributed by atoms with Crippen molar-refractivity contribution < 1.29 is 13.2 Å². The lowest BCUT2D eigenvalue weighted by Crippen LogP contribution is -2.24. The summed E-state index contributed by atoms with van der Waals surface area (Å²) >= 11 is 17.9.